The molecule has 4 atom stereocenters. The van der Waals surface area contributed by atoms with E-state index < -0.39 is 0 Å². The van der Waals surface area contributed by atoms with E-state index in [-0.39, 0.29) is 0 Å². The quantitative estimate of drug-likeness (QED) is 0.557. The van der Waals surface area contributed by atoms with E-state index in [0.29, 0.717) is 0 Å². The maximum atomic E-state index is 4.31. The Balaban J connectivity index is 2.77. The van der Waals surface area contributed by atoms with E-state index in [9.17, 15) is 0 Å². The zero-order valence-electron chi connectivity index (χ0n) is 11.1. The van der Waals surface area contributed by atoms with Crippen molar-refractivity contribution < 1.29 is 0 Å². The summed E-state index contributed by atoms with van der Waals surface area (Å²) >= 11 is 0. The Kier molecular flexibility index (Phi) is 4.89. The molecule has 1 rings (SSSR count). The summed E-state index contributed by atoms with van der Waals surface area (Å²) in [6, 6.07) is 0. The van der Waals surface area contributed by atoms with Gasteiger partial charge in [0, 0.05) is 0 Å². The predicted octanol–water partition coefficient (Wildman–Crippen LogP) is 5.05. The average molecular weight is 208 g/mol. The van der Waals surface area contributed by atoms with Gasteiger partial charge in [0.2, 0.25) is 0 Å². The first-order valence-electron chi connectivity index (χ1n) is 6.77. The fourth-order valence-corrected chi connectivity index (χ4v) is 3.35. The summed E-state index contributed by atoms with van der Waals surface area (Å²) in [5.41, 5.74) is 1.51. The topological polar surface area (TPSA) is 0 Å². The van der Waals surface area contributed by atoms with E-state index in [2.05, 4.69) is 34.3 Å². The summed E-state index contributed by atoms with van der Waals surface area (Å²) < 4.78 is 0. The fraction of sp³-hybridized carbons (Fsp3) is 0.867. The van der Waals surface area contributed by atoms with Crippen LogP contribution >= 0.6 is 0 Å². The minimum absolute atomic E-state index is 0.739. The molecule has 1 fully saturated rings. The molecule has 0 heterocycles. The molecule has 0 heteroatoms. The highest BCUT2D eigenvalue weighted by molar-refractivity contribution is 5.04. The molecule has 15 heavy (non-hydrogen) atoms. The first-order chi connectivity index (χ1) is 7.10. The SMILES string of the molecule is C=C1CC(C)CCC(CC)C(CC)C1C. The van der Waals surface area contributed by atoms with Gasteiger partial charge in [-0.3, -0.25) is 0 Å². The third kappa shape index (κ3) is 3.09. The van der Waals surface area contributed by atoms with Crippen molar-refractivity contribution in [2.24, 2.45) is 23.7 Å². The molecule has 88 valence electrons. The molecule has 0 bridgehead atoms. The van der Waals surface area contributed by atoms with Gasteiger partial charge in [0.25, 0.3) is 0 Å². The van der Waals surface area contributed by atoms with Crippen LogP contribution in [0.5, 0.6) is 0 Å². The van der Waals surface area contributed by atoms with E-state index >= 15 is 0 Å². The molecule has 0 N–H and O–H groups in total. The second-order valence-electron chi connectivity index (χ2n) is 5.57. The molecule has 1 aliphatic rings. The van der Waals surface area contributed by atoms with Gasteiger partial charge < -0.3 is 0 Å². The van der Waals surface area contributed by atoms with Gasteiger partial charge in [-0.15, -0.1) is 0 Å². The van der Waals surface area contributed by atoms with Crippen LogP contribution in [0.15, 0.2) is 12.2 Å². The fourth-order valence-electron chi connectivity index (χ4n) is 3.35. The number of rotatable bonds is 2. The van der Waals surface area contributed by atoms with Gasteiger partial charge in [0.05, 0.1) is 0 Å². The van der Waals surface area contributed by atoms with E-state index in [1.165, 1.54) is 37.7 Å². The Hall–Kier alpha value is -0.260. The van der Waals surface area contributed by atoms with E-state index in [0.717, 1.165) is 23.7 Å². The maximum absolute atomic E-state index is 4.31. The van der Waals surface area contributed by atoms with E-state index in [1.54, 1.807) is 0 Å². The van der Waals surface area contributed by atoms with E-state index in [4.69, 9.17) is 0 Å². The third-order valence-electron chi connectivity index (χ3n) is 4.53. The van der Waals surface area contributed by atoms with Crippen molar-refractivity contribution in [2.45, 2.75) is 59.8 Å². The molecular formula is C15H28. The second kappa shape index (κ2) is 5.72. The van der Waals surface area contributed by atoms with Gasteiger partial charge in [-0.25, -0.2) is 0 Å². The van der Waals surface area contributed by atoms with Gasteiger partial charge in [-0.05, 0) is 36.5 Å². The minimum Gasteiger partial charge on any atom is -0.0996 e. The van der Waals surface area contributed by atoms with Crippen LogP contribution in [-0.4, -0.2) is 0 Å². The first-order valence-corrected chi connectivity index (χ1v) is 6.77. The number of hydrogen-bond acceptors (Lipinski definition) is 0. The molecule has 4 unspecified atom stereocenters. The van der Waals surface area contributed by atoms with Crippen molar-refractivity contribution in [3.63, 3.8) is 0 Å². The van der Waals surface area contributed by atoms with E-state index in [1.807, 2.05) is 0 Å². The highest BCUT2D eigenvalue weighted by atomic mass is 14.3. The predicted molar refractivity (Wildman–Crippen MR) is 68.9 cm³/mol. The van der Waals surface area contributed by atoms with Crippen molar-refractivity contribution in [3.05, 3.63) is 12.2 Å². The molecule has 0 amide bonds. The standard InChI is InChI=1S/C15H28/c1-6-14-9-8-11(3)10-12(4)13(5)15(14)7-2/h11,13-15H,4,6-10H2,1-3,5H3. The van der Waals surface area contributed by atoms with Crippen LogP contribution in [0.3, 0.4) is 0 Å². The van der Waals surface area contributed by atoms with Gasteiger partial charge in [0.1, 0.15) is 0 Å². The molecule has 1 saturated carbocycles. The Morgan fingerprint density at radius 3 is 2.33 bits per heavy atom. The first kappa shape index (κ1) is 12.8. The van der Waals surface area contributed by atoms with Gasteiger partial charge in [-0.1, -0.05) is 59.1 Å². The van der Waals surface area contributed by atoms with Gasteiger partial charge >= 0.3 is 0 Å². The van der Waals surface area contributed by atoms with Crippen molar-refractivity contribution in [1.82, 2.24) is 0 Å². The lowest BCUT2D eigenvalue weighted by molar-refractivity contribution is 0.201. The zero-order chi connectivity index (χ0) is 11.4. The number of allylic oxidation sites excluding steroid dienone is 1. The third-order valence-corrected chi connectivity index (χ3v) is 4.53. The molecular weight excluding hydrogens is 180 g/mol. The van der Waals surface area contributed by atoms with Crippen molar-refractivity contribution in [1.29, 1.82) is 0 Å². The second-order valence-corrected chi connectivity index (χ2v) is 5.57. The van der Waals surface area contributed by atoms with Crippen molar-refractivity contribution >= 4 is 0 Å². The zero-order valence-corrected chi connectivity index (χ0v) is 11.1. The highest BCUT2D eigenvalue weighted by Crippen LogP contribution is 2.39. The molecule has 0 nitrogen and oxygen atoms in total. The smallest absolute Gasteiger partial charge is 0.0203 e. The summed E-state index contributed by atoms with van der Waals surface area (Å²) in [6.45, 7) is 13.8. The highest BCUT2D eigenvalue weighted by Gasteiger charge is 2.28. The summed E-state index contributed by atoms with van der Waals surface area (Å²) in [5, 5.41) is 0. The minimum atomic E-state index is 0.739. The summed E-state index contributed by atoms with van der Waals surface area (Å²) in [5.74, 6) is 3.41. The van der Waals surface area contributed by atoms with Crippen LogP contribution in [0.4, 0.5) is 0 Å². The average Bonchev–Trinajstić information content (AvgIpc) is 2.21. The van der Waals surface area contributed by atoms with Crippen molar-refractivity contribution in [2.75, 3.05) is 0 Å². The Bertz CT molecular complexity index is 204. The molecule has 0 aliphatic heterocycles. The molecule has 0 aromatic heterocycles. The largest absolute Gasteiger partial charge is 0.0996 e. The molecule has 0 spiro atoms. The maximum Gasteiger partial charge on any atom is -0.0203 e. The summed E-state index contributed by atoms with van der Waals surface area (Å²) in [6.07, 6.45) is 6.78. The van der Waals surface area contributed by atoms with Crippen molar-refractivity contribution in [3.8, 4) is 0 Å². The Labute approximate surface area is 96.2 Å². The van der Waals surface area contributed by atoms with Crippen LogP contribution in [0.2, 0.25) is 0 Å². The van der Waals surface area contributed by atoms with Crippen LogP contribution in [0, 0.1) is 23.7 Å². The van der Waals surface area contributed by atoms with Crippen LogP contribution in [-0.2, 0) is 0 Å². The van der Waals surface area contributed by atoms with Gasteiger partial charge in [-0.2, -0.15) is 0 Å². The summed E-state index contributed by atoms with van der Waals surface area (Å²) in [7, 11) is 0. The normalized spacial score (nSPS) is 38.5. The lowest BCUT2D eigenvalue weighted by Gasteiger charge is -2.36. The summed E-state index contributed by atoms with van der Waals surface area (Å²) in [4.78, 5) is 0. The van der Waals surface area contributed by atoms with Crippen LogP contribution in [0.1, 0.15) is 59.8 Å². The number of hydrogen-bond donors (Lipinski definition) is 0. The Morgan fingerprint density at radius 2 is 1.80 bits per heavy atom. The molecule has 0 saturated heterocycles. The molecule has 0 radical (unpaired) electrons. The van der Waals surface area contributed by atoms with Crippen LogP contribution < -0.4 is 0 Å². The molecule has 0 aromatic rings. The lowest BCUT2D eigenvalue weighted by atomic mass is 9.70. The van der Waals surface area contributed by atoms with Crippen LogP contribution in [0.25, 0.3) is 0 Å². The lowest BCUT2D eigenvalue weighted by Crippen LogP contribution is -2.25. The van der Waals surface area contributed by atoms with Gasteiger partial charge in [0.15, 0.2) is 0 Å². The molecule has 0 aromatic carbocycles. The molecule has 1 aliphatic carbocycles. The monoisotopic (exact) mass is 208 g/mol. The Morgan fingerprint density at radius 1 is 1.13 bits per heavy atom.